The van der Waals surface area contributed by atoms with Crippen LogP contribution >= 0.6 is 22.6 Å². The van der Waals surface area contributed by atoms with Crippen LogP contribution in [0.3, 0.4) is 0 Å². The summed E-state index contributed by atoms with van der Waals surface area (Å²) in [4.78, 5) is 20.7. The van der Waals surface area contributed by atoms with Crippen molar-refractivity contribution < 1.29 is 28.2 Å². The SMILES string of the molecule is CCc1oc(-c2ccc(C)c(C)c2)nc1CI.CCc1oc(-c2ccc(C)c(C)c2)nc1COCCCOCc1cccc(C)c1C(=O)O. The number of oxazole rings is 2. The van der Waals surface area contributed by atoms with Crippen LogP contribution in [0.4, 0.5) is 0 Å². The van der Waals surface area contributed by atoms with Crippen molar-refractivity contribution >= 4 is 28.6 Å². The molecule has 2 heterocycles. The van der Waals surface area contributed by atoms with Crippen LogP contribution in [0.5, 0.6) is 0 Å². The van der Waals surface area contributed by atoms with Gasteiger partial charge < -0.3 is 23.4 Å². The number of aryl methyl sites for hydroxylation is 7. The largest absolute Gasteiger partial charge is 0.478 e. The highest BCUT2D eigenvalue weighted by atomic mass is 127. The van der Waals surface area contributed by atoms with E-state index in [1.54, 1.807) is 19.1 Å². The highest BCUT2D eigenvalue weighted by Gasteiger charge is 2.16. The van der Waals surface area contributed by atoms with Crippen molar-refractivity contribution in [3.8, 4) is 22.9 Å². The van der Waals surface area contributed by atoms with Gasteiger partial charge in [0.15, 0.2) is 0 Å². The smallest absolute Gasteiger partial charge is 0.336 e. The van der Waals surface area contributed by atoms with Crippen molar-refractivity contribution in [1.82, 2.24) is 9.97 Å². The third-order valence-electron chi connectivity index (χ3n) is 8.48. The molecule has 0 unspecified atom stereocenters. The third-order valence-corrected chi connectivity index (χ3v) is 9.20. The Labute approximate surface area is 303 Å². The quantitative estimate of drug-likeness (QED) is 0.0675. The monoisotopic (exact) mass is 778 g/mol. The molecule has 0 aliphatic carbocycles. The van der Waals surface area contributed by atoms with Crippen molar-refractivity contribution in [1.29, 1.82) is 0 Å². The molecular formula is C40H47IN2O6. The number of benzene rings is 3. The molecule has 260 valence electrons. The molecule has 5 rings (SSSR count). The van der Waals surface area contributed by atoms with Crippen LogP contribution in [-0.2, 0) is 40.0 Å². The van der Waals surface area contributed by atoms with E-state index < -0.39 is 5.97 Å². The zero-order valence-electron chi connectivity index (χ0n) is 29.6. The van der Waals surface area contributed by atoms with Gasteiger partial charge in [0.05, 0.1) is 24.5 Å². The first-order valence-electron chi connectivity index (χ1n) is 16.7. The van der Waals surface area contributed by atoms with E-state index in [0.717, 1.165) is 62.8 Å². The molecule has 3 aromatic carbocycles. The standard InChI is InChI=1S/C26H31NO5.C14H16INO/c1-5-23-22(27-25(32-23)20-11-10-17(2)19(4)14-20)16-31-13-7-12-30-15-21-9-6-8-18(3)24(21)26(28)29;1-4-13-12(8-15)16-14(17-13)11-6-5-9(2)10(3)7-11/h6,8-11,14H,5,7,12-13,15-16H2,1-4H3,(H,28,29);5-7H,4,8H2,1-3H3. The normalized spacial score (nSPS) is 11.0. The molecule has 0 atom stereocenters. The van der Waals surface area contributed by atoms with Crippen LogP contribution in [0, 0.1) is 34.6 Å². The number of hydrogen-bond acceptors (Lipinski definition) is 7. The highest BCUT2D eigenvalue weighted by molar-refractivity contribution is 14.1. The van der Waals surface area contributed by atoms with Crippen LogP contribution in [0.15, 0.2) is 63.4 Å². The number of carbonyl (C=O) groups is 1. The molecule has 49 heavy (non-hydrogen) atoms. The number of carboxylic acids is 1. The van der Waals surface area contributed by atoms with Gasteiger partial charge in [-0.15, -0.1) is 0 Å². The van der Waals surface area contributed by atoms with E-state index in [2.05, 4.69) is 97.5 Å². The molecule has 0 amide bonds. The van der Waals surface area contributed by atoms with Crippen molar-refractivity contribution in [3.05, 3.63) is 116 Å². The molecule has 1 N–H and O–H groups in total. The molecule has 9 heteroatoms. The first kappa shape index (κ1) is 38.0. The molecular weight excluding hydrogens is 731 g/mol. The van der Waals surface area contributed by atoms with E-state index in [1.165, 1.54) is 22.3 Å². The van der Waals surface area contributed by atoms with E-state index in [0.29, 0.717) is 43.3 Å². The number of alkyl halides is 1. The Hall–Kier alpha value is -3.80. The number of ether oxygens (including phenoxy) is 2. The van der Waals surface area contributed by atoms with Crippen LogP contribution in [0.2, 0.25) is 0 Å². The Morgan fingerprint density at radius 3 is 1.73 bits per heavy atom. The van der Waals surface area contributed by atoms with Gasteiger partial charge in [-0.25, -0.2) is 14.8 Å². The second-order valence-corrected chi connectivity index (χ2v) is 12.9. The molecule has 0 saturated carbocycles. The first-order valence-corrected chi connectivity index (χ1v) is 18.2. The minimum Gasteiger partial charge on any atom is -0.478 e. The molecule has 0 fully saturated rings. The summed E-state index contributed by atoms with van der Waals surface area (Å²) in [5.41, 5.74) is 10.7. The number of hydrogen-bond donors (Lipinski definition) is 1. The molecule has 8 nitrogen and oxygen atoms in total. The second-order valence-electron chi connectivity index (χ2n) is 12.1. The average Bonchev–Trinajstić information content (AvgIpc) is 3.71. The molecule has 0 saturated heterocycles. The maximum Gasteiger partial charge on any atom is 0.336 e. The second kappa shape index (κ2) is 18.3. The molecule has 2 aromatic heterocycles. The summed E-state index contributed by atoms with van der Waals surface area (Å²) in [7, 11) is 0. The van der Waals surface area contributed by atoms with Gasteiger partial charge in [0.25, 0.3) is 0 Å². The van der Waals surface area contributed by atoms with Gasteiger partial charge in [-0.05, 0) is 98.7 Å². The predicted molar refractivity (Wildman–Crippen MR) is 201 cm³/mol. The number of rotatable bonds is 14. The molecule has 0 aliphatic rings. The van der Waals surface area contributed by atoms with Gasteiger partial charge in [-0.1, -0.05) is 66.8 Å². The fourth-order valence-corrected chi connectivity index (χ4v) is 5.90. The summed E-state index contributed by atoms with van der Waals surface area (Å²) in [6.07, 6.45) is 2.36. The van der Waals surface area contributed by atoms with Gasteiger partial charge in [-0.2, -0.15) is 0 Å². The van der Waals surface area contributed by atoms with Gasteiger partial charge in [0, 0.05) is 41.6 Å². The van der Waals surface area contributed by atoms with Crippen molar-refractivity contribution in [2.75, 3.05) is 13.2 Å². The number of nitrogens with zero attached hydrogens (tertiary/aromatic N) is 2. The topological polar surface area (TPSA) is 108 Å². The summed E-state index contributed by atoms with van der Waals surface area (Å²) in [5, 5.41) is 9.38. The zero-order valence-corrected chi connectivity index (χ0v) is 31.8. The lowest BCUT2D eigenvalue weighted by Crippen LogP contribution is -2.08. The van der Waals surface area contributed by atoms with Gasteiger partial charge in [-0.3, -0.25) is 0 Å². The molecule has 5 aromatic rings. The number of carboxylic acid groups (broad SMARTS) is 1. The Balaban J connectivity index is 0.000000266. The first-order chi connectivity index (χ1) is 23.6. The molecule has 0 bridgehead atoms. The maximum atomic E-state index is 11.4. The summed E-state index contributed by atoms with van der Waals surface area (Å²) in [5.74, 6) is 2.29. The minimum atomic E-state index is -0.926. The van der Waals surface area contributed by atoms with Gasteiger partial charge in [0.1, 0.15) is 17.2 Å². The molecule has 0 aliphatic heterocycles. The fourth-order valence-electron chi connectivity index (χ4n) is 5.30. The van der Waals surface area contributed by atoms with Crippen LogP contribution in [-0.4, -0.2) is 34.3 Å². The lowest BCUT2D eigenvalue weighted by atomic mass is 10.0. The minimum absolute atomic E-state index is 0.270. The highest BCUT2D eigenvalue weighted by Crippen LogP contribution is 2.27. The number of halogens is 1. The predicted octanol–water partition coefficient (Wildman–Crippen LogP) is 10.1. The van der Waals surface area contributed by atoms with Gasteiger partial charge >= 0.3 is 5.97 Å². The van der Waals surface area contributed by atoms with E-state index in [9.17, 15) is 9.90 Å². The molecule has 0 spiro atoms. The van der Waals surface area contributed by atoms with Crippen LogP contribution in [0.25, 0.3) is 22.9 Å². The van der Waals surface area contributed by atoms with Crippen molar-refractivity contribution in [2.24, 2.45) is 0 Å². The Bertz CT molecular complexity index is 1840. The summed E-state index contributed by atoms with van der Waals surface area (Å²) in [6, 6.07) is 17.9. The third kappa shape index (κ3) is 10.1. The maximum absolute atomic E-state index is 11.4. The Morgan fingerprint density at radius 2 is 1.24 bits per heavy atom. The Morgan fingerprint density at radius 1 is 0.714 bits per heavy atom. The van der Waals surface area contributed by atoms with Crippen molar-refractivity contribution in [2.45, 2.75) is 85.4 Å². The summed E-state index contributed by atoms with van der Waals surface area (Å²) in [6.45, 7) is 16.0. The molecule has 0 radical (unpaired) electrons. The van der Waals surface area contributed by atoms with E-state index >= 15 is 0 Å². The Kier molecular flexibility index (Phi) is 14.2. The summed E-state index contributed by atoms with van der Waals surface area (Å²) >= 11 is 2.32. The number of aromatic nitrogens is 2. The van der Waals surface area contributed by atoms with E-state index in [-0.39, 0.29) is 6.61 Å². The fraction of sp³-hybridized carbons (Fsp3) is 0.375. The van der Waals surface area contributed by atoms with Crippen LogP contribution in [0.1, 0.15) is 86.9 Å². The summed E-state index contributed by atoms with van der Waals surface area (Å²) < 4.78 is 24.1. The van der Waals surface area contributed by atoms with E-state index in [1.807, 2.05) is 19.1 Å². The van der Waals surface area contributed by atoms with Crippen LogP contribution < -0.4 is 0 Å². The van der Waals surface area contributed by atoms with Crippen molar-refractivity contribution in [3.63, 3.8) is 0 Å². The lowest BCUT2D eigenvalue weighted by molar-refractivity contribution is 0.0639. The lowest BCUT2D eigenvalue weighted by Gasteiger charge is -2.10. The van der Waals surface area contributed by atoms with E-state index in [4.69, 9.17) is 18.3 Å². The van der Waals surface area contributed by atoms with Gasteiger partial charge in [0.2, 0.25) is 11.8 Å². The average molecular weight is 779 g/mol. The zero-order chi connectivity index (χ0) is 35.5. The number of aromatic carboxylic acids is 1.